The summed E-state index contributed by atoms with van der Waals surface area (Å²) in [7, 11) is 0. The monoisotopic (exact) mass is 267 g/mol. The second-order valence-electron chi connectivity index (χ2n) is 3.62. The van der Waals surface area contributed by atoms with Crippen molar-refractivity contribution < 1.29 is 19.8 Å². The summed E-state index contributed by atoms with van der Waals surface area (Å²) in [6.45, 7) is 0. The lowest BCUT2D eigenvalue weighted by atomic mass is 9.98. The van der Waals surface area contributed by atoms with Crippen LogP contribution >= 0.6 is 11.6 Å². The van der Waals surface area contributed by atoms with Crippen LogP contribution in [-0.2, 0) is 16.0 Å². The average molecular weight is 268 g/mol. The molecule has 5 nitrogen and oxygen atoms in total. The number of halogens is 1. The Hall–Kier alpha value is -1.90. The molecule has 6 heteroatoms. The first-order valence-electron chi connectivity index (χ1n) is 5.01. The molecule has 2 N–H and O–H groups in total. The van der Waals surface area contributed by atoms with Crippen molar-refractivity contribution in [2.75, 3.05) is 5.88 Å². The van der Waals surface area contributed by atoms with Gasteiger partial charge in [0, 0.05) is 12.0 Å². The van der Waals surface area contributed by atoms with Gasteiger partial charge in [0.05, 0.1) is 17.5 Å². The van der Waals surface area contributed by atoms with Gasteiger partial charge in [-0.3, -0.25) is 4.79 Å². The standard InChI is InChI=1S/C12H10ClNO4/c13-5-9(15)4-7-1-2-10(8(3-7)6-14)11(16)12(17)18/h1-3,11,16H,4-5H2,(H,17,18). The molecule has 0 aliphatic carbocycles. The molecule has 0 fully saturated rings. The average Bonchev–Trinajstić information content (AvgIpc) is 2.37. The number of carboxylic acids is 1. The first kappa shape index (κ1) is 14.2. The summed E-state index contributed by atoms with van der Waals surface area (Å²) in [4.78, 5) is 21.8. The van der Waals surface area contributed by atoms with Gasteiger partial charge in [0.2, 0.25) is 0 Å². The van der Waals surface area contributed by atoms with Crippen LogP contribution in [0.3, 0.4) is 0 Å². The maximum atomic E-state index is 11.1. The summed E-state index contributed by atoms with van der Waals surface area (Å²) < 4.78 is 0. The summed E-state index contributed by atoms with van der Waals surface area (Å²) in [5.41, 5.74) is 0.593. The van der Waals surface area contributed by atoms with Crippen LogP contribution in [0.4, 0.5) is 0 Å². The van der Waals surface area contributed by atoms with E-state index in [-0.39, 0.29) is 29.2 Å². The largest absolute Gasteiger partial charge is 0.479 e. The second kappa shape index (κ2) is 6.15. The molecule has 0 radical (unpaired) electrons. The number of nitrogens with zero attached hydrogens (tertiary/aromatic N) is 1. The molecule has 0 heterocycles. The van der Waals surface area contributed by atoms with Crippen molar-refractivity contribution in [1.82, 2.24) is 0 Å². The van der Waals surface area contributed by atoms with E-state index in [0.29, 0.717) is 5.56 Å². The molecule has 0 amide bonds. The van der Waals surface area contributed by atoms with Crippen LogP contribution in [0.15, 0.2) is 18.2 Å². The fourth-order valence-corrected chi connectivity index (χ4v) is 1.55. The minimum Gasteiger partial charge on any atom is -0.479 e. The highest BCUT2D eigenvalue weighted by atomic mass is 35.5. The minimum atomic E-state index is -1.75. The van der Waals surface area contributed by atoms with E-state index in [4.69, 9.17) is 22.0 Å². The van der Waals surface area contributed by atoms with Gasteiger partial charge < -0.3 is 10.2 Å². The predicted octanol–water partition coefficient (Wildman–Crippen LogP) is 1.03. The van der Waals surface area contributed by atoms with Gasteiger partial charge in [-0.15, -0.1) is 11.6 Å². The minimum absolute atomic E-state index is 0.00655. The SMILES string of the molecule is N#Cc1cc(CC(=O)CCl)ccc1C(O)C(=O)O. The van der Waals surface area contributed by atoms with Gasteiger partial charge in [0.25, 0.3) is 0 Å². The maximum absolute atomic E-state index is 11.1. The molecule has 0 aromatic heterocycles. The van der Waals surface area contributed by atoms with Gasteiger partial charge >= 0.3 is 5.97 Å². The van der Waals surface area contributed by atoms with E-state index in [2.05, 4.69) is 0 Å². The van der Waals surface area contributed by atoms with E-state index < -0.39 is 12.1 Å². The van der Waals surface area contributed by atoms with Gasteiger partial charge in [-0.1, -0.05) is 12.1 Å². The van der Waals surface area contributed by atoms with Gasteiger partial charge in [-0.25, -0.2) is 4.79 Å². The van der Waals surface area contributed by atoms with Gasteiger partial charge in [-0.2, -0.15) is 5.26 Å². The number of carboxylic acid groups (broad SMARTS) is 1. The number of Topliss-reactive ketones (excluding diaryl/α,β-unsaturated/α-hetero) is 1. The fourth-order valence-electron chi connectivity index (χ4n) is 1.46. The zero-order chi connectivity index (χ0) is 13.7. The summed E-state index contributed by atoms with van der Waals surface area (Å²) in [6, 6.07) is 6.00. The molecule has 94 valence electrons. The van der Waals surface area contributed by atoms with Crippen molar-refractivity contribution in [2.24, 2.45) is 0 Å². The number of benzene rings is 1. The Bertz CT molecular complexity index is 521. The number of rotatable bonds is 5. The zero-order valence-electron chi connectivity index (χ0n) is 9.26. The Morgan fingerprint density at radius 2 is 2.11 bits per heavy atom. The Morgan fingerprint density at radius 3 is 2.61 bits per heavy atom. The van der Waals surface area contributed by atoms with E-state index in [1.54, 1.807) is 6.07 Å². The van der Waals surface area contributed by atoms with Crippen LogP contribution < -0.4 is 0 Å². The summed E-state index contributed by atoms with van der Waals surface area (Å²) >= 11 is 5.37. The molecule has 1 rings (SSSR count). The molecule has 0 saturated carbocycles. The highest BCUT2D eigenvalue weighted by Gasteiger charge is 2.20. The number of aliphatic hydroxyl groups is 1. The molecule has 0 saturated heterocycles. The number of hydrogen-bond acceptors (Lipinski definition) is 4. The summed E-state index contributed by atoms with van der Waals surface area (Å²) in [5.74, 6) is -1.76. The Morgan fingerprint density at radius 1 is 1.44 bits per heavy atom. The molecule has 0 aliphatic heterocycles. The van der Waals surface area contributed by atoms with Crippen LogP contribution in [0.2, 0.25) is 0 Å². The van der Waals surface area contributed by atoms with Crippen molar-refractivity contribution in [3.8, 4) is 6.07 Å². The van der Waals surface area contributed by atoms with Gasteiger partial charge in [0.1, 0.15) is 0 Å². The van der Waals surface area contributed by atoms with Crippen LogP contribution in [0.1, 0.15) is 22.8 Å². The van der Waals surface area contributed by atoms with Crippen LogP contribution in [0.25, 0.3) is 0 Å². The zero-order valence-corrected chi connectivity index (χ0v) is 10.0. The second-order valence-corrected chi connectivity index (χ2v) is 3.89. The van der Waals surface area contributed by atoms with E-state index >= 15 is 0 Å². The van der Waals surface area contributed by atoms with E-state index in [0.717, 1.165) is 0 Å². The highest BCUT2D eigenvalue weighted by Crippen LogP contribution is 2.20. The fraction of sp³-hybridized carbons (Fsp3) is 0.250. The third-order valence-electron chi connectivity index (χ3n) is 2.32. The molecular formula is C12H10ClNO4. The Labute approximate surface area is 108 Å². The van der Waals surface area contributed by atoms with E-state index in [1.807, 2.05) is 0 Å². The van der Waals surface area contributed by atoms with Crippen LogP contribution in [0, 0.1) is 11.3 Å². The number of hydrogen-bond donors (Lipinski definition) is 2. The third kappa shape index (κ3) is 3.29. The highest BCUT2D eigenvalue weighted by molar-refractivity contribution is 6.27. The normalized spacial score (nSPS) is 11.6. The number of ketones is 1. The lowest BCUT2D eigenvalue weighted by Crippen LogP contribution is -2.12. The molecule has 18 heavy (non-hydrogen) atoms. The molecule has 1 atom stereocenters. The van der Waals surface area contributed by atoms with Crippen LogP contribution in [0.5, 0.6) is 0 Å². The number of alkyl halides is 1. The van der Waals surface area contributed by atoms with Gasteiger partial charge in [-0.05, 0) is 11.6 Å². The predicted molar refractivity (Wildman–Crippen MR) is 63.2 cm³/mol. The lowest BCUT2D eigenvalue weighted by Gasteiger charge is -2.09. The van der Waals surface area contributed by atoms with E-state index in [1.165, 1.54) is 18.2 Å². The summed E-state index contributed by atoms with van der Waals surface area (Å²) in [5, 5.41) is 27.0. The maximum Gasteiger partial charge on any atom is 0.337 e. The summed E-state index contributed by atoms with van der Waals surface area (Å²) in [6.07, 6.45) is -1.68. The first-order chi connectivity index (χ1) is 8.49. The topological polar surface area (TPSA) is 98.4 Å². The molecule has 1 unspecified atom stereocenters. The number of carbonyl (C=O) groups is 2. The molecule has 0 bridgehead atoms. The van der Waals surface area contributed by atoms with Crippen molar-refractivity contribution in [3.63, 3.8) is 0 Å². The van der Waals surface area contributed by atoms with E-state index in [9.17, 15) is 14.7 Å². The van der Waals surface area contributed by atoms with Crippen molar-refractivity contribution >= 4 is 23.4 Å². The third-order valence-corrected chi connectivity index (χ3v) is 2.62. The number of aliphatic hydroxyl groups excluding tert-OH is 1. The number of nitriles is 1. The smallest absolute Gasteiger partial charge is 0.337 e. The number of aliphatic carboxylic acids is 1. The number of carbonyl (C=O) groups excluding carboxylic acids is 1. The molecule has 1 aromatic carbocycles. The van der Waals surface area contributed by atoms with Gasteiger partial charge in [0.15, 0.2) is 11.9 Å². The Kier molecular flexibility index (Phi) is 4.84. The molecule has 1 aromatic rings. The quantitative estimate of drug-likeness (QED) is 0.776. The molecule has 0 aliphatic rings. The molecular weight excluding hydrogens is 258 g/mol. The first-order valence-corrected chi connectivity index (χ1v) is 5.54. The Balaban J connectivity index is 3.08. The molecule has 0 spiro atoms. The lowest BCUT2D eigenvalue weighted by molar-refractivity contribution is -0.147. The van der Waals surface area contributed by atoms with Crippen molar-refractivity contribution in [2.45, 2.75) is 12.5 Å². The van der Waals surface area contributed by atoms with Crippen molar-refractivity contribution in [1.29, 1.82) is 5.26 Å². The van der Waals surface area contributed by atoms with Crippen LogP contribution in [-0.4, -0.2) is 27.8 Å². The van der Waals surface area contributed by atoms with Crippen molar-refractivity contribution in [3.05, 3.63) is 34.9 Å².